The molecule has 0 aromatic carbocycles. The lowest BCUT2D eigenvalue weighted by atomic mass is 10.1. The van der Waals surface area contributed by atoms with Gasteiger partial charge in [-0.1, -0.05) is 26.8 Å². The SMILES string of the molecule is O=C1NCC2=CC=IC=C12. The number of carbonyl (C=O) groups is 1. The first-order valence-corrected chi connectivity index (χ1v) is 5.50. The van der Waals surface area contributed by atoms with Gasteiger partial charge in [0.2, 0.25) is 0 Å². The molecule has 10 heavy (non-hydrogen) atoms. The minimum absolute atomic E-state index is 0.0295. The maximum Gasteiger partial charge on any atom is 0.252 e. The van der Waals surface area contributed by atoms with Crippen molar-refractivity contribution < 1.29 is 4.79 Å². The largest absolute Gasteiger partial charge is 0.348 e. The van der Waals surface area contributed by atoms with Gasteiger partial charge in [0, 0.05) is 12.1 Å². The molecule has 2 aliphatic heterocycles. The van der Waals surface area contributed by atoms with Crippen molar-refractivity contribution in [2.24, 2.45) is 0 Å². The van der Waals surface area contributed by atoms with E-state index in [1.165, 1.54) is 0 Å². The predicted molar refractivity (Wildman–Crippen MR) is 49.3 cm³/mol. The summed E-state index contributed by atoms with van der Waals surface area (Å²) in [6.07, 6.45) is 2.07. The summed E-state index contributed by atoms with van der Waals surface area (Å²) < 4.78 is 4.26. The molecule has 0 bridgehead atoms. The Morgan fingerprint density at radius 2 is 2.50 bits per heavy atom. The third kappa shape index (κ3) is 0.847. The second-order valence-corrected chi connectivity index (χ2v) is 4.21. The lowest BCUT2D eigenvalue weighted by Gasteiger charge is -1.96. The lowest BCUT2D eigenvalue weighted by Crippen LogP contribution is -2.13. The molecule has 0 unspecified atom stereocenters. The summed E-state index contributed by atoms with van der Waals surface area (Å²) in [6, 6.07) is 0. The number of nitrogens with one attached hydrogen (secondary N) is 1. The summed E-state index contributed by atoms with van der Waals surface area (Å²) in [5.74, 6) is 0.110. The fraction of sp³-hybridized carbons (Fsp3) is 0.143. The highest BCUT2D eigenvalue weighted by Gasteiger charge is 2.21. The molecule has 0 aromatic rings. The van der Waals surface area contributed by atoms with Crippen molar-refractivity contribution in [3.8, 4) is 0 Å². The zero-order valence-electron chi connectivity index (χ0n) is 5.23. The van der Waals surface area contributed by atoms with Crippen LogP contribution in [0.5, 0.6) is 0 Å². The Labute approximate surface area is 68.7 Å². The molecule has 1 amide bonds. The normalized spacial score (nSPS) is 22.2. The number of carbonyl (C=O) groups excluding carboxylic acids is 1. The fourth-order valence-electron chi connectivity index (χ4n) is 0.992. The van der Waals surface area contributed by atoms with Crippen LogP contribution in [0.2, 0.25) is 0 Å². The van der Waals surface area contributed by atoms with Crippen molar-refractivity contribution >= 4 is 30.6 Å². The van der Waals surface area contributed by atoms with E-state index in [1.807, 2.05) is 0 Å². The van der Waals surface area contributed by atoms with Crippen LogP contribution in [0, 0.1) is 0 Å². The van der Waals surface area contributed by atoms with Crippen LogP contribution in [-0.2, 0) is 4.79 Å². The molecule has 2 rings (SSSR count). The second kappa shape index (κ2) is 2.30. The van der Waals surface area contributed by atoms with Crippen molar-refractivity contribution in [2.75, 3.05) is 6.54 Å². The maximum absolute atomic E-state index is 11.0. The monoisotopic (exact) mass is 247 g/mol. The molecule has 1 fully saturated rings. The molecule has 0 saturated carbocycles. The number of fused-ring (bicyclic) bond motifs is 1. The molecule has 2 nitrogen and oxygen atoms in total. The molecule has 3 heteroatoms. The Balaban J connectivity index is 2.50. The number of hydrogen-bond acceptors (Lipinski definition) is 1. The lowest BCUT2D eigenvalue weighted by molar-refractivity contribution is -0.116. The second-order valence-electron chi connectivity index (χ2n) is 2.15. The van der Waals surface area contributed by atoms with Gasteiger partial charge in [0.15, 0.2) is 0 Å². The highest BCUT2D eigenvalue weighted by molar-refractivity contribution is 14.2. The van der Waals surface area contributed by atoms with E-state index < -0.39 is 0 Å². The molecule has 0 spiro atoms. The molecule has 52 valence electrons. The van der Waals surface area contributed by atoms with Crippen LogP contribution in [-0.4, -0.2) is 16.5 Å². The highest BCUT2D eigenvalue weighted by Crippen LogP contribution is 2.22. The van der Waals surface area contributed by atoms with E-state index in [9.17, 15) is 4.79 Å². The van der Waals surface area contributed by atoms with Gasteiger partial charge in [0.1, 0.15) is 0 Å². The Bertz CT molecular complexity index is 275. The molecule has 1 saturated heterocycles. The first-order valence-electron chi connectivity index (χ1n) is 3.01. The summed E-state index contributed by atoms with van der Waals surface area (Å²) >= 11 is 0.0295. The van der Waals surface area contributed by atoms with Crippen molar-refractivity contribution in [3.63, 3.8) is 0 Å². The summed E-state index contributed by atoms with van der Waals surface area (Å²) in [5.41, 5.74) is 2.09. The average Bonchev–Trinajstić information content (AvgIpc) is 2.34. The minimum Gasteiger partial charge on any atom is -0.348 e. The molecule has 2 aliphatic rings. The van der Waals surface area contributed by atoms with Gasteiger partial charge in [-0.15, -0.1) is 0 Å². The van der Waals surface area contributed by atoms with Gasteiger partial charge in [0.05, 0.1) is 0 Å². The van der Waals surface area contributed by atoms with Gasteiger partial charge in [0.25, 0.3) is 5.91 Å². The van der Waals surface area contributed by atoms with Gasteiger partial charge in [-0.3, -0.25) is 4.79 Å². The van der Waals surface area contributed by atoms with Crippen LogP contribution in [0.1, 0.15) is 0 Å². The van der Waals surface area contributed by atoms with E-state index in [1.54, 1.807) is 0 Å². The highest BCUT2D eigenvalue weighted by atomic mass is 127. The number of amides is 1. The van der Waals surface area contributed by atoms with Gasteiger partial charge in [-0.05, 0) is 13.7 Å². The summed E-state index contributed by atoms with van der Waals surface area (Å²) in [4.78, 5) is 11.0. The van der Waals surface area contributed by atoms with Gasteiger partial charge in [-0.2, -0.15) is 0 Å². The third-order valence-corrected chi connectivity index (χ3v) is 3.30. The predicted octanol–water partition coefficient (Wildman–Crippen LogP) is 0.713. The van der Waals surface area contributed by atoms with Crippen molar-refractivity contribution in [2.45, 2.75) is 0 Å². The molecule has 0 aromatic heterocycles. The smallest absolute Gasteiger partial charge is 0.252 e. The van der Waals surface area contributed by atoms with E-state index in [2.05, 4.69) is 19.5 Å². The topological polar surface area (TPSA) is 29.1 Å². The molecule has 0 atom stereocenters. The maximum atomic E-state index is 11.0. The Morgan fingerprint density at radius 1 is 1.60 bits per heavy atom. The van der Waals surface area contributed by atoms with Crippen molar-refractivity contribution in [1.29, 1.82) is 0 Å². The summed E-state index contributed by atoms with van der Waals surface area (Å²) in [6.45, 7) is 0.727. The minimum atomic E-state index is 0.0295. The third-order valence-electron chi connectivity index (χ3n) is 1.54. The zero-order valence-corrected chi connectivity index (χ0v) is 7.38. The van der Waals surface area contributed by atoms with E-state index in [0.717, 1.165) is 17.7 Å². The van der Waals surface area contributed by atoms with Crippen molar-refractivity contribution in [1.82, 2.24) is 5.32 Å². The van der Waals surface area contributed by atoms with Crippen LogP contribution in [0.4, 0.5) is 0 Å². The first-order chi connectivity index (χ1) is 4.88. The van der Waals surface area contributed by atoms with Crippen LogP contribution >= 0.6 is 20.7 Å². The molecule has 0 radical (unpaired) electrons. The number of hydrogen-bond donors (Lipinski definition) is 1. The molecule has 0 aliphatic carbocycles. The van der Waals surface area contributed by atoms with E-state index >= 15 is 0 Å². The Hall–Kier alpha value is -0.450. The van der Waals surface area contributed by atoms with Crippen LogP contribution in [0.15, 0.2) is 21.3 Å². The quantitative estimate of drug-likeness (QED) is 0.627. The van der Waals surface area contributed by atoms with E-state index in [4.69, 9.17) is 0 Å². The summed E-state index contributed by atoms with van der Waals surface area (Å²) in [5, 5.41) is 2.78. The van der Waals surface area contributed by atoms with Crippen LogP contribution < -0.4 is 5.32 Å². The van der Waals surface area contributed by atoms with Crippen molar-refractivity contribution in [3.05, 3.63) is 21.3 Å². The van der Waals surface area contributed by atoms with E-state index in [0.29, 0.717) is 0 Å². The van der Waals surface area contributed by atoms with E-state index in [-0.39, 0.29) is 26.6 Å². The van der Waals surface area contributed by atoms with Crippen LogP contribution in [0.25, 0.3) is 0 Å². The van der Waals surface area contributed by atoms with Crippen LogP contribution in [0.3, 0.4) is 0 Å². The van der Waals surface area contributed by atoms with Gasteiger partial charge in [-0.25, -0.2) is 0 Å². The van der Waals surface area contributed by atoms with Gasteiger partial charge < -0.3 is 5.32 Å². The summed E-state index contributed by atoms with van der Waals surface area (Å²) in [7, 11) is 0. The fourth-order valence-corrected chi connectivity index (χ4v) is 2.88. The number of halogens is 1. The Kier molecular flexibility index (Phi) is 1.44. The first kappa shape index (κ1) is 6.27. The average molecular weight is 247 g/mol. The van der Waals surface area contributed by atoms with Gasteiger partial charge >= 0.3 is 0 Å². The Morgan fingerprint density at radius 3 is 3.30 bits per heavy atom. The molecule has 2 heterocycles. The molecular weight excluding hydrogens is 241 g/mol. The standard InChI is InChI=1S/C7H6INO/c10-7-6-3-8-2-1-5(6)4-9-7/h1-3H,4H2,(H,9,10). The molecular formula is C7H6INO. The zero-order chi connectivity index (χ0) is 6.97. The number of rotatable bonds is 0. The molecule has 1 N–H and O–H groups in total. The number of allylic oxidation sites excluding steroid dienone is 1.